The van der Waals surface area contributed by atoms with Crippen LogP contribution in [-0.4, -0.2) is 32.8 Å². The van der Waals surface area contributed by atoms with Crippen molar-refractivity contribution < 1.29 is 27.5 Å². The largest absolute Gasteiger partial charge is 0.417 e. The van der Waals surface area contributed by atoms with Crippen LogP contribution in [0, 0.1) is 0 Å². The molecule has 1 unspecified atom stereocenters. The smallest absolute Gasteiger partial charge is 0.387 e. The lowest BCUT2D eigenvalue weighted by Gasteiger charge is -2.40. The molecule has 1 amide bonds. The number of aliphatic hydroxyl groups is 1. The van der Waals surface area contributed by atoms with E-state index < -0.39 is 46.2 Å². The number of hydrogen-bond acceptors (Lipinski definition) is 4. The van der Waals surface area contributed by atoms with E-state index in [1.807, 2.05) is 0 Å². The zero-order chi connectivity index (χ0) is 22.1. The van der Waals surface area contributed by atoms with Crippen molar-refractivity contribution in [3.8, 4) is 0 Å². The second kappa shape index (κ2) is 8.64. The lowest BCUT2D eigenvalue weighted by atomic mass is 9.76. The summed E-state index contributed by atoms with van der Waals surface area (Å²) in [5.74, 6) is -1.04. The molecule has 0 bridgehead atoms. The maximum atomic E-state index is 13.6. The molecule has 2 N–H and O–H groups in total. The highest BCUT2D eigenvalue weighted by Crippen LogP contribution is 2.41. The Bertz CT molecular complexity index is 934. The van der Waals surface area contributed by atoms with Gasteiger partial charge in [-0.15, -0.1) is 0 Å². The zero-order valence-electron chi connectivity index (χ0n) is 15.4. The van der Waals surface area contributed by atoms with Gasteiger partial charge in [-0.1, -0.05) is 29.3 Å². The molecule has 2 heterocycles. The summed E-state index contributed by atoms with van der Waals surface area (Å²) in [6, 6.07) is 2.54. The van der Waals surface area contributed by atoms with Crippen LogP contribution in [0.25, 0.3) is 0 Å². The topological polar surface area (TPSA) is 75.1 Å². The van der Waals surface area contributed by atoms with E-state index in [2.05, 4.69) is 15.3 Å². The van der Waals surface area contributed by atoms with Crippen molar-refractivity contribution in [1.82, 2.24) is 15.3 Å². The summed E-state index contributed by atoms with van der Waals surface area (Å²) in [6.45, 7) is 0. The number of amides is 1. The van der Waals surface area contributed by atoms with Crippen LogP contribution in [-0.2, 0) is 6.18 Å². The number of pyridine rings is 2. The van der Waals surface area contributed by atoms with Crippen molar-refractivity contribution in [2.24, 2.45) is 0 Å². The lowest BCUT2D eigenvalue weighted by Crippen LogP contribution is -2.49. The monoisotopic (exact) mass is 465 g/mol. The quantitative estimate of drug-likeness (QED) is 0.496. The van der Waals surface area contributed by atoms with Crippen LogP contribution in [0.4, 0.5) is 17.6 Å². The van der Waals surface area contributed by atoms with Crippen LogP contribution in [0.15, 0.2) is 30.6 Å². The number of alkyl halides is 4. The molecule has 11 heteroatoms. The van der Waals surface area contributed by atoms with Gasteiger partial charge in [0.1, 0.15) is 17.0 Å². The van der Waals surface area contributed by atoms with E-state index >= 15 is 0 Å². The number of nitrogens with zero attached hydrogens (tertiary/aromatic N) is 2. The van der Waals surface area contributed by atoms with Crippen molar-refractivity contribution in [3.05, 3.63) is 57.6 Å². The van der Waals surface area contributed by atoms with E-state index in [4.69, 9.17) is 23.2 Å². The first kappa shape index (κ1) is 22.7. The van der Waals surface area contributed by atoms with Gasteiger partial charge < -0.3 is 10.4 Å². The third-order valence-electron chi connectivity index (χ3n) is 5.10. The Hall–Kier alpha value is -1.97. The molecule has 2 aromatic rings. The van der Waals surface area contributed by atoms with E-state index in [0.717, 1.165) is 6.20 Å². The maximum absolute atomic E-state index is 13.6. The van der Waals surface area contributed by atoms with Crippen LogP contribution in [0.3, 0.4) is 0 Å². The van der Waals surface area contributed by atoms with Gasteiger partial charge in [0.15, 0.2) is 0 Å². The van der Waals surface area contributed by atoms with Crippen molar-refractivity contribution in [3.63, 3.8) is 0 Å². The Morgan fingerprint density at radius 1 is 1.20 bits per heavy atom. The van der Waals surface area contributed by atoms with Crippen molar-refractivity contribution in [1.29, 1.82) is 0 Å². The second-order valence-corrected chi connectivity index (χ2v) is 7.82. The molecule has 0 aliphatic heterocycles. The average molecular weight is 466 g/mol. The predicted molar refractivity (Wildman–Crippen MR) is 102 cm³/mol. The summed E-state index contributed by atoms with van der Waals surface area (Å²) in [7, 11) is 0. The van der Waals surface area contributed by atoms with Gasteiger partial charge in [0.25, 0.3) is 5.91 Å². The summed E-state index contributed by atoms with van der Waals surface area (Å²) in [4.78, 5) is 20.4. The number of halogens is 6. The molecule has 5 nitrogen and oxygen atoms in total. The van der Waals surface area contributed by atoms with Crippen molar-refractivity contribution in [2.75, 3.05) is 0 Å². The minimum absolute atomic E-state index is 0.00802. The molecule has 1 atom stereocenters. The van der Waals surface area contributed by atoms with Gasteiger partial charge in [0.05, 0.1) is 22.2 Å². The van der Waals surface area contributed by atoms with E-state index in [0.29, 0.717) is 6.07 Å². The van der Waals surface area contributed by atoms with Crippen LogP contribution < -0.4 is 5.32 Å². The standard InChI is InChI=1S/C19H17Cl2F4N3O2/c20-13-12(19(23,24)25)5-9-26-14(13)17(29)28-15(11-2-1-8-27-16(11)21)18(30)6-3-10(22)4-7-18/h1-2,5,8-10,15,30H,3-4,6-7H2,(H,28,29)/t10-,15?,18-. The number of carbonyl (C=O) groups is 1. The molecule has 0 saturated heterocycles. The molecule has 30 heavy (non-hydrogen) atoms. The van der Waals surface area contributed by atoms with E-state index in [-0.39, 0.29) is 36.4 Å². The molecule has 2 aromatic heterocycles. The van der Waals surface area contributed by atoms with Gasteiger partial charge in [-0.25, -0.2) is 14.4 Å². The molecular formula is C19H17Cl2F4N3O2. The Kier molecular flexibility index (Phi) is 6.54. The number of carbonyl (C=O) groups excluding carboxylic acids is 1. The molecule has 0 spiro atoms. The van der Waals surface area contributed by atoms with Gasteiger partial charge in [0, 0.05) is 18.0 Å². The number of nitrogens with one attached hydrogen (secondary N) is 1. The Labute approximate surface area is 179 Å². The normalized spacial score (nSPS) is 23.1. The average Bonchev–Trinajstić information content (AvgIpc) is 2.68. The van der Waals surface area contributed by atoms with Crippen molar-refractivity contribution >= 4 is 29.1 Å². The molecular weight excluding hydrogens is 449 g/mol. The second-order valence-electron chi connectivity index (χ2n) is 7.09. The summed E-state index contributed by atoms with van der Waals surface area (Å²) < 4.78 is 53.0. The van der Waals surface area contributed by atoms with Crippen LogP contribution >= 0.6 is 23.2 Å². The Balaban J connectivity index is 1.98. The third kappa shape index (κ3) is 4.68. The first-order chi connectivity index (χ1) is 14.0. The van der Waals surface area contributed by atoms with Crippen LogP contribution in [0.2, 0.25) is 10.2 Å². The number of hydrogen-bond donors (Lipinski definition) is 2. The lowest BCUT2D eigenvalue weighted by molar-refractivity contribution is -0.137. The van der Waals surface area contributed by atoms with Gasteiger partial charge in [-0.05, 0) is 37.8 Å². The Morgan fingerprint density at radius 2 is 1.87 bits per heavy atom. The fraction of sp³-hybridized carbons (Fsp3) is 0.421. The molecule has 1 aliphatic rings. The van der Waals surface area contributed by atoms with Gasteiger partial charge in [-0.3, -0.25) is 4.79 Å². The van der Waals surface area contributed by atoms with Gasteiger partial charge in [-0.2, -0.15) is 13.2 Å². The SMILES string of the molecule is O=C(NC(c1cccnc1Cl)[C@]1(O)CC[C@H](F)CC1)c1nccc(C(F)(F)F)c1Cl. The van der Waals surface area contributed by atoms with Crippen LogP contribution in [0.1, 0.15) is 53.3 Å². The highest BCUT2D eigenvalue weighted by atomic mass is 35.5. The highest BCUT2D eigenvalue weighted by molar-refractivity contribution is 6.34. The molecule has 1 aliphatic carbocycles. The van der Waals surface area contributed by atoms with Crippen molar-refractivity contribution in [2.45, 2.75) is 49.7 Å². The summed E-state index contributed by atoms with van der Waals surface area (Å²) in [5, 5.41) is 12.8. The fourth-order valence-corrected chi connectivity index (χ4v) is 4.04. The minimum Gasteiger partial charge on any atom is -0.387 e. The molecule has 0 aromatic carbocycles. The maximum Gasteiger partial charge on any atom is 0.417 e. The molecule has 162 valence electrons. The minimum atomic E-state index is -4.78. The Morgan fingerprint density at radius 3 is 2.47 bits per heavy atom. The fourth-order valence-electron chi connectivity index (χ4n) is 3.51. The van der Waals surface area contributed by atoms with Crippen LogP contribution in [0.5, 0.6) is 0 Å². The first-order valence-corrected chi connectivity index (χ1v) is 9.78. The first-order valence-electron chi connectivity index (χ1n) is 9.02. The molecule has 1 fully saturated rings. The van der Waals surface area contributed by atoms with E-state index in [1.54, 1.807) is 0 Å². The molecule has 3 rings (SSSR count). The third-order valence-corrected chi connectivity index (χ3v) is 5.80. The van der Waals surface area contributed by atoms with Gasteiger partial charge in [0.2, 0.25) is 0 Å². The highest BCUT2D eigenvalue weighted by Gasteiger charge is 2.44. The summed E-state index contributed by atoms with van der Waals surface area (Å²) >= 11 is 11.9. The zero-order valence-corrected chi connectivity index (χ0v) is 16.9. The summed E-state index contributed by atoms with van der Waals surface area (Å²) in [6.07, 6.45) is -3.52. The molecule has 0 radical (unpaired) electrons. The molecule has 1 saturated carbocycles. The van der Waals surface area contributed by atoms with E-state index in [9.17, 15) is 27.5 Å². The summed E-state index contributed by atoms with van der Waals surface area (Å²) in [5.41, 5.74) is -3.20. The number of aromatic nitrogens is 2. The predicted octanol–water partition coefficient (Wildman–Crippen LogP) is 4.92. The number of rotatable bonds is 4. The van der Waals surface area contributed by atoms with Gasteiger partial charge >= 0.3 is 6.18 Å². The van der Waals surface area contributed by atoms with E-state index in [1.165, 1.54) is 18.3 Å².